The molecule has 2 aliphatic carbocycles. The van der Waals surface area contributed by atoms with E-state index < -0.39 is 0 Å². The van der Waals surface area contributed by atoms with E-state index in [2.05, 4.69) is 17.2 Å². The van der Waals surface area contributed by atoms with Gasteiger partial charge in [0.05, 0.1) is 16.7 Å². The second-order valence-corrected chi connectivity index (χ2v) is 8.48. The smallest absolute Gasteiger partial charge is 0.262 e. The van der Waals surface area contributed by atoms with Crippen LogP contribution in [0.4, 0.5) is 0 Å². The maximum absolute atomic E-state index is 12.8. The highest BCUT2D eigenvalue weighted by atomic mass is 32.2. The standard InChI is InChI=1S/C20H25N3O2S/c1-13-6-2-4-8-16(13)21-18(24)12-26-20-22-17-9-5-3-7-15(17)19(25)23(20)14-10-11-14/h3,5,7,9,13-14,16H,2,4,6,8,10-12H2,1H3,(H,21,24). The van der Waals surface area contributed by atoms with E-state index in [1.165, 1.54) is 31.0 Å². The third-order valence-electron chi connectivity index (χ3n) is 5.48. The fourth-order valence-corrected chi connectivity index (χ4v) is 4.67. The molecule has 0 radical (unpaired) electrons. The lowest BCUT2D eigenvalue weighted by Gasteiger charge is -2.29. The Labute approximate surface area is 157 Å². The number of aromatic nitrogens is 2. The van der Waals surface area contributed by atoms with Crippen LogP contribution in [0.5, 0.6) is 0 Å². The number of carbonyl (C=O) groups excluding carboxylic acids is 1. The largest absolute Gasteiger partial charge is 0.352 e. The van der Waals surface area contributed by atoms with E-state index in [4.69, 9.17) is 0 Å². The average Bonchev–Trinajstić information content (AvgIpc) is 3.47. The third-order valence-corrected chi connectivity index (χ3v) is 6.43. The van der Waals surface area contributed by atoms with E-state index in [0.29, 0.717) is 27.7 Å². The Morgan fingerprint density at radius 2 is 2.00 bits per heavy atom. The van der Waals surface area contributed by atoms with Crippen molar-refractivity contribution in [1.82, 2.24) is 14.9 Å². The minimum Gasteiger partial charge on any atom is -0.352 e. The van der Waals surface area contributed by atoms with Crippen molar-refractivity contribution < 1.29 is 4.79 Å². The molecule has 2 saturated carbocycles. The number of fused-ring (bicyclic) bond motifs is 1. The van der Waals surface area contributed by atoms with Crippen molar-refractivity contribution in [3.63, 3.8) is 0 Å². The molecule has 0 bridgehead atoms. The summed E-state index contributed by atoms with van der Waals surface area (Å²) in [5, 5.41) is 4.51. The number of amides is 1. The normalized spacial score (nSPS) is 23.1. The van der Waals surface area contributed by atoms with Gasteiger partial charge in [0.1, 0.15) is 0 Å². The molecule has 1 N–H and O–H groups in total. The first kappa shape index (κ1) is 17.6. The van der Waals surface area contributed by atoms with Crippen molar-refractivity contribution in [2.45, 2.75) is 62.7 Å². The molecule has 4 rings (SSSR count). The van der Waals surface area contributed by atoms with E-state index >= 15 is 0 Å². The first-order chi connectivity index (χ1) is 12.6. The van der Waals surface area contributed by atoms with Crippen LogP contribution >= 0.6 is 11.8 Å². The fourth-order valence-electron chi connectivity index (χ4n) is 3.79. The number of hydrogen-bond donors (Lipinski definition) is 1. The van der Waals surface area contributed by atoms with Gasteiger partial charge in [0, 0.05) is 12.1 Å². The molecule has 2 fully saturated rings. The lowest BCUT2D eigenvalue weighted by molar-refractivity contribution is -0.119. The quantitative estimate of drug-likeness (QED) is 0.645. The van der Waals surface area contributed by atoms with Crippen molar-refractivity contribution in [2.75, 3.05) is 5.75 Å². The summed E-state index contributed by atoms with van der Waals surface area (Å²) in [6, 6.07) is 7.98. The van der Waals surface area contributed by atoms with Gasteiger partial charge in [0.15, 0.2) is 5.16 Å². The summed E-state index contributed by atoms with van der Waals surface area (Å²) in [6.07, 6.45) is 6.73. The fraction of sp³-hybridized carbons (Fsp3) is 0.550. The Hall–Kier alpha value is -1.82. The van der Waals surface area contributed by atoms with Gasteiger partial charge in [0.25, 0.3) is 5.56 Å². The Bertz CT molecular complexity index is 875. The number of benzene rings is 1. The van der Waals surface area contributed by atoms with Crippen molar-refractivity contribution >= 4 is 28.6 Å². The number of rotatable bonds is 5. The van der Waals surface area contributed by atoms with Crippen molar-refractivity contribution in [3.8, 4) is 0 Å². The van der Waals surface area contributed by atoms with Gasteiger partial charge in [-0.1, -0.05) is 43.7 Å². The topological polar surface area (TPSA) is 64.0 Å². The van der Waals surface area contributed by atoms with Gasteiger partial charge in [-0.05, 0) is 43.7 Å². The summed E-state index contributed by atoms with van der Waals surface area (Å²) < 4.78 is 1.80. The predicted molar refractivity (Wildman–Crippen MR) is 105 cm³/mol. The second kappa shape index (κ2) is 7.43. The zero-order valence-electron chi connectivity index (χ0n) is 15.1. The number of para-hydroxylation sites is 1. The van der Waals surface area contributed by atoms with Gasteiger partial charge in [0.2, 0.25) is 5.91 Å². The Balaban J connectivity index is 1.50. The summed E-state index contributed by atoms with van der Waals surface area (Å²) in [5.74, 6) is 0.889. The highest BCUT2D eigenvalue weighted by Gasteiger charge is 2.29. The van der Waals surface area contributed by atoms with Crippen LogP contribution in [0, 0.1) is 5.92 Å². The minimum absolute atomic E-state index is 0.0157. The Kier molecular flexibility index (Phi) is 5.02. The number of carbonyl (C=O) groups is 1. The highest BCUT2D eigenvalue weighted by Crippen LogP contribution is 2.36. The molecule has 0 spiro atoms. The first-order valence-electron chi connectivity index (χ1n) is 9.57. The minimum atomic E-state index is 0.0157. The molecule has 26 heavy (non-hydrogen) atoms. The van der Waals surface area contributed by atoms with E-state index in [-0.39, 0.29) is 23.6 Å². The second-order valence-electron chi connectivity index (χ2n) is 7.54. The molecule has 0 saturated heterocycles. The van der Waals surface area contributed by atoms with E-state index in [1.807, 2.05) is 24.3 Å². The number of hydrogen-bond acceptors (Lipinski definition) is 4. The summed E-state index contributed by atoms with van der Waals surface area (Å²) in [7, 11) is 0. The summed E-state index contributed by atoms with van der Waals surface area (Å²) in [5.41, 5.74) is 0.722. The molecule has 2 atom stereocenters. The van der Waals surface area contributed by atoms with Gasteiger partial charge < -0.3 is 5.32 Å². The van der Waals surface area contributed by atoms with Crippen LogP contribution in [-0.2, 0) is 4.79 Å². The predicted octanol–water partition coefficient (Wildman–Crippen LogP) is 3.52. The molecule has 6 heteroatoms. The molecule has 1 aromatic carbocycles. The lowest BCUT2D eigenvalue weighted by atomic mass is 9.86. The van der Waals surface area contributed by atoms with Gasteiger partial charge >= 0.3 is 0 Å². The van der Waals surface area contributed by atoms with Crippen LogP contribution in [0.25, 0.3) is 10.9 Å². The van der Waals surface area contributed by atoms with Gasteiger partial charge in [-0.15, -0.1) is 0 Å². The van der Waals surface area contributed by atoms with Crippen LogP contribution < -0.4 is 10.9 Å². The molecule has 2 aromatic rings. The van der Waals surface area contributed by atoms with Crippen LogP contribution in [-0.4, -0.2) is 27.3 Å². The highest BCUT2D eigenvalue weighted by molar-refractivity contribution is 7.99. The molecule has 2 unspecified atom stereocenters. The summed E-state index contributed by atoms with van der Waals surface area (Å²) >= 11 is 1.38. The Morgan fingerprint density at radius 3 is 2.77 bits per heavy atom. The van der Waals surface area contributed by atoms with Crippen LogP contribution in [0.1, 0.15) is 51.5 Å². The molecular weight excluding hydrogens is 346 g/mol. The zero-order chi connectivity index (χ0) is 18.1. The monoisotopic (exact) mass is 371 g/mol. The molecular formula is C20H25N3O2S. The maximum Gasteiger partial charge on any atom is 0.262 e. The lowest BCUT2D eigenvalue weighted by Crippen LogP contribution is -2.41. The van der Waals surface area contributed by atoms with Crippen molar-refractivity contribution in [1.29, 1.82) is 0 Å². The van der Waals surface area contributed by atoms with Gasteiger partial charge in [-0.3, -0.25) is 14.2 Å². The number of nitrogens with one attached hydrogen (secondary N) is 1. The van der Waals surface area contributed by atoms with Crippen LogP contribution in [0.15, 0.2) is 34.2 Å². The third kappa shape index (κ3) is 3.65. The molecule has 1 heterocycles. The molecule has 1 amide bonds. The van der Waals surface area contributed by atoms with E-state index in [0.717, 1.165) is 19.3 Å². The van der Waals surface area contributed by atoms with Crippen LogP contribution in [0.2, 0.25) is 0 Å². The van der Waals surface area contributed by atoms with Gasteiger partial charge in [-0.2, -0.15) is 0 Å². The molecule has 5 nitrogen and oxygen atoms in total. The number of nitrogens with zero attached hydrogens (tertiary/aromatic N) is 2. The molecule has 1 aromatic heterocycles. The SMILES string of the molecule is CC1CCCCC1NC(=O)CSc1nc2ccccc2c(=O)n1C1CC1. The number of thioether (sulfide) groups is 1. The van der Waals surface area contributed by atoms with Crippen molar-refractivity contribution in [2.24, 2.45) is 5.92 Å². The van der Waals surface area contributed by atoms with Gasteiger partial charge in [-0.25, -0.2) is 4.98 Å². The molecule has 2 aliphatic rings. The summed E-state index contributed by atoms with van der Waals surface area (Å²) in [4.78, 5) is 29.9. The molecule has 0 aliphatic heterocycles. The van der Waals surface area contributed by atoms with Crippen LogP contribution in [0.3, 0.4) is 0 Å². The van der Waals surface area contributed by atoms with E-state index in [1.54, 1.807) is 4.57 Å². The zero-order valence-corrected chi connectivity index (χ0v) is 15.9. The summed E-state index contributed by atoms with van der Waals surface area (Å²) in [6.45, 7) is 2.22. The molecule has 138 valence electrons. The van der Waals surface area contributed by atoms with E-state index in [9.17, 15) is 9.59 Å². The first-order valence-corrected chi connectivity index (χ1v) is 10.6. The average molecular weight is 372 g/mol. The Morgan fingerprint density at radius 1 is 1.23 bits per heavy atom. The maximum atomic E-state index is 12.8. The van der Waals surface area contributed by atoms with Crippen molar-refractivity contribution in [3.05, 3.63) is 34.6 Å².